The van der Waals surface area contributed by atoms with Gasteiger partial charge in [-0.15, -0.1) is 0 Å². The molecule has 2 aromatic rings. The first-order chi connectivity index (χ1) is 9.58. The van der Waals surface area contributed by atoms with E-state index in [1.165, 1.54) is 12.1 Å². The van der Waals surface area contributed by atoms with E-state index in [-0.39, 0.29) is 16.5 Å². The summed E-state index contributed by atoms with van der Waals surface area (Å²) in [5.74, 6) is -1.32. The van der Waals surface area contributed by atoms with Gasteiger partial charge in [-0.25, -0.2) is 13.8 Å². The molecule has 1 aliphatic rings. The molecule has 1 aromatic heterocycles. The van der Waals surface area contributed by atoms with E-state index in [0.717, 1.165) is 12.8 Å². The fourth-order valence-electron chi connectivity index (χ4n) is 2.28. The Morgan fingerprint density at radius 3 is 2.85 bits per heavy atom. The average Bonchev–Trinajstić information content (AvgIpc) is 3.16. The van der Waals surface area contributed by atoms with Gasteiger partial charge in [-0.1, -0.05) is 0 Å². The molecule has 0 amide bonds. The van der Waals surface area contributed by atoms with Crippen LogP contribution in [0.15, 0.2) is 29.1 Å². The Balaban J connectivity index is 1.87. The van der Waals surface area contributed by atoms with Crippen LogP contribution in [-0.2, 0) is 6.42 Å². The standard InChI is InChI=1S/C14H13BrF2N2O/c15-10-3-4-11(16)9(14(10)17)5-13(20)12-6-18-7-19(12)8-1-2-8/h3-4,6-8,13,20H,1-2,5H2. The van der Waals surface area contributed by atoms with Crippen LogP contribution in [0.25, 0.3) is 0 Å². The maximum Gasteiger partial charge on any atom is 0.143 e. The molecule has 1 saturated carbocycles. The number of benzene rings is 1. The van der Waals surface area contributed by atoms with Gasteiger partial charge in [-0.3, -0.25) is 0 Å². The Hall–Kier alpha value is -1.27. The van der Waals surface area contributed by atoms with E-state index < -0.39 is 17.7 Å². The summed E-state index contributed by atoms with van der Waals surface area (Å²) in [5, 5.41) is 10.3. The van der Waals surface area contributed by atoms with Crippen LogP contribution < -0.4 is 0 Å². The topological polar surface area (TPSA) is 38.1 Å². The predicted molar refractivity (Wildman–Crippen MR) is 73.2 cm³/mol. The van der Waals surface area contributed by atoms with Crippen LogP contribution in [0.2, 0.25) is 0 Å². The predicted octanol–water partition coefficient (Wildman–Crippen LogP) is 3.53. The van der Waals surface area contributed by atoms with Crippen LogP contribution in [0.3, 0.4) is 0 Å². The minimum atomic E-state index is -0.976. The summed E-state index contributed by atoms with van der Waals surface area (Å²) >= 11 is 3.03. The summed E-state index contributed by atoms with van der Waals surface area (Å²) < 4.78 is 29.7. The molecule has 1 N–H and O–H groups in total. The lowest BCUT2D eigenvalue weighted by atomic mass is 10.0. The molecule has 1 aliphatic carbocycles. The van der Waals surface area contributed by atoms with Gasteiger partial charge in [0.05, 0.1) is 28.8 Å². The van der Waals surface area contributed by atoms with Gasteiger partial charge in [0.25, 0.3) is 0 Å². The van der Waals surface area contributed by atoms with E-state index in [9.17, 15) is 13.9 Å². The maximum atomic E-state index is 13.9. The van der Waals surface area contributed by atoms with Gasteiger partial charge in [0, 0.05) is 18.0 Å². The van der Waals surface area contributed by atoms with Gasteiger partial charge >= 0.3 is 0 Å². The number of imidazole rings is 1. The van der Waals surface area contributed by atoms with E-state index in [1.807, 2.05) is 4.57 Å². The van der Waals surface area contributed by atoms with Crippen molar-refractivity contribution in [2.24, 2.45) is 0 Å². The largest absolute Gasteiger partial charge is 0.386 e. The van der Waals surface area contributed by atoms with Crippen molar-refractivity contribution in [3.8, 4) is 0 Å². The van der Waals surface area contributed by atoms with E-state index >= 15 is 0 Å². The van der Waals surface area contributed by atoms with Crippen molar-refractivity contribution >= 4 is 15.9 Å². The zero-order chi connectivity index (χ0) is 14.3. The molecule has 3 rings (SSSR count). The quantitative estimate of drug-likeness (QED) is 0.863. The average molecular weight is 343 g/mol. The van der Waals surface area contributed by atoms with E-state index in [0.29, 0.717) is 11.7 Å². The number of halogens is 3. The van der Waals surface area contributed by atoms with Gasteiger partial charge in [0.15, 0.2) is 0 Å². The van der Waals surface area contributed by atoms with Crippen molar-refractivity contribution in [3.05, 3.63) is 52.0 Å². The second kappa shape index (κ2) is 5.26. The number of hydrogen-bond donors (Lipinski definition) is 1. The molecular weight excluding hydrogens is 330 g/mol. The van der Waals surface area contributed by atoms with Crippen molar-refractivity contribution in [1.29, 1.82) is 0 Å². The van der Waals surface area contributed by atoms with Crippen LogP contribution in [0.1, 0.15) is 36.2 Å². The highest BCUT2D eigenvalue weighted by Gasteiger charge is 2.28. The minimum Gasteiger partial charge on any atom is -0.386 e. The maximum absolute atomic E-state index is 13.9. The highest BCUT2D eigenvalue weighted by atomic mass is 79.9. The van der Waals surface area contributed by atoms with Gasteiger partial charge in [0.1, 0.15) is 11.6 Å². The van der Waals surface area contributed by atoms with E-state index in [2.05, 4.69) is 20.9 Å². The van der Waals surface area contributed by atoms with Crippen molar-refractivity contribution in [1.82, 2.24) is 9.55 Å². The molecular formula is C14H13BrF2N2O. The van der Waals surface area contributed by atoms with Crippen LogP contribution >= 0.6 is 15.9 Å². The Morgan fingerprint density at radius 1 is 1.40 bits per heavy atom. The SMILES string of the molecule is OC(Cc1c(F)ccc(Br)c1F)c1cncn1C1CC1. The Bertz CT molecular complexity index is 640. The molecule has 0 aliphatic heterocycles. The Kier molecular flexibility index (Phi) is 3.60. The number of aliphatic hydroxyl groups excluding tert-OH is 1. The molecule has 6 heteroatoms. The lowest BCUT2D eigenvalue weighted by Crippen LogP contribution is -2.10. The van der Waals surface area contributed by atoms with Crippen molar-refractivity contribution in [2.45, 2.75) is 31.4 Å². The third-order valence-corrected chi connectivity index (χ3v) is 4.13. The van der Waals surface area contributed by atoms with Crippen LogP contribution in [0.5, 0.6) is 0 Å². The summed E-state index contributed by atoms with van der Waals surface area (Å²) in [5.41, 5.74) is 0.488. The molecule has 1 heterocycles. The fraction of sp³-hybridized carbons (Fsp3) is 0.357. The van der Waals surface area contributed by atoms with Gasteiger partial charge in [-0.05, 0) is 40.9 Å². The van der Waals surface area contributed by atoms with Crippen molar-refractivity contribution < 1.29 is 13.9 Å². The number of rotatable bonds is 4. The van der Waals surface area contributed by atoms with Crippen LogP contribution in [0.4, 0.5) is 8.78 Å². The minimum absolute atomic E-state index is 0.115. The van der Waals surface area contributed by atoms with Crippen LogP contribution in [0, 0.1) is 11.6 Å². The normalized spacial score (nSPS) is 16.4. The lowest BCUT2D eigenvalue weighted by molar-refractivity contribution is 0.166. The molecule has 1 atom stereocenters. The number of aromatic nitrogens is 2. The molecule has 1 aromatic carbocycles. The zero-order valence-electron chi connectivity index (χ0n) is 10.6. The summed E-state index contributed by atoms with van der Waals surface area (Å²) in [6.45, 7) is 0. The first-order valence-corrected chi connectivity index (χ1v) is 7.19. The molecule has 20 heavy (non-hydrogen) atoms. The molecule has 0 saturated heterocycles. The molecule has 0 spiro atoms. The van der Waals surface area contributed by atoms with Crippen LogP contribution in [-0.4, -0.2) is 14.7 Å². The first kappa shape index (κ1) is 13.7. The summed E-state index contributed by atoms with van der Waals surface area (Å²) in [4.78, 5) is 4.01. The second-order valence-electron chi connectivity index (χ2n) is 5.00. The number of hydrogen-bond acceptors (Lipinski definition) is 2. The zero-order valence-corrected chi connectivity index (χ0v) is 12.1. The summed E-state index contributed by atoms with van der Waals surface area (Å²) in [6.07, 6.45) is 4.22. The van der Waals surface area contributed by atoms with Gasteiger partial charge in [-0.2, -0.15) is 0 Å². The van der Waals surface area contributed by atoms with E-state index in [4.69, 9.17) is 0 Å². The van der Waals surface area contributed by atoms with Gasteiger partial charge in [0.2, 0.25) is 0 Å². The number of aliphatic hydroxyl groups is 1. The van der Waals surface area contributed by atoms with Crippen molar-refractivity contribution in [2.75, 3.05) is 0 Å². The van der Waals surface area contributed by atoms with Crippen molar-refractivity contribution in [3.63, 3.8) is 0 Å². The summed E-state index contributed by atoms with van der Waals surface area (Å²) in [6, 6.07) is 2.86. The molecule has 106 valence electrons. The van der Waals surface area contributed by atoms with E-state index in [1.54, 1.807) is 12.5 Å². The fourth-order valence-corrected chi connectivity index (χ4v) is 2.66. The molecule has 1 fully saturated rings. The molecule has 3 nitrogen and oxygen atoms in total. The first-order valence-electron chi connectivity index (χ1n) is 6.40. The molecule has 0 bridgehead atoms. The highest BCUT2D eigenvalue weighted by Crippen LogP contribution is 2.37. The summed E-state index contributed by atoms with van der Waals surface area (Å²) in [7, 11) is 0. The number of nitrogens with zero attached hydrogens (tertiary/aromatic N) is 2. The third-order valence-electron chi connectivity index (χ3n) is 3.51. The Labute approximate surface area is 123 Å². The Morgan fingerprint density at radius 2 is 2.15 bits per heavy atom. The smallest absolute Gasteiger partial charge is 0.143 e. The molecule has 0 radical (unpaired) electrons. The highest BCUT2D eigenvalue weighted by molar-refractivity contribution is 9.10. The lowest BCUT2D eigenvalue weighted by Gasteiger charge is -2.14. The molecule has 1 unspecified atom stereocenters. The monoisotopic (exact) mass is 342 g/mol. The third kappa shape index (κ3) is 2.50. The second-order valence-corrected chi connectivity index (χ2v) is 5.85. The van der Waals surface area contributed by atoms with Gasteiger partial charge < -0.3 is 9.67 Å².